The van der Waals surface area contributed by atoms with Gasteiger partial charge in [-0.3, -0.25) is 9.69 Å². The number of aromatic hydroxyl groups is 1. The minimum Gasteiger partial charge on any atom is -0.504 e. The zero-order valence-corrected chi connectivity index (χ0v) is 20.2. The fourth-order valence-corrected chi connectivity index (χ4v) is 5.77. The molecular formula is C25H30Cl2N2O4. The summed E-state index contributed by atoms with van der Waals surface area (Å²) in [6.45, 7) is 3.04. The van der Waals surface area contributed by atoms with Gasteiger partial charge in [-0.2, -0.15) is 0 Å². The number of rotatable bonds is 6. The lowest BCUT2D eigenvalue weighted by Crippen LogP contribution is -2.56. The number of phenolic OH excluding ortho intramolecular Hbond substituents is 1. The Morgan fingerprint density at radius 2 is 2.03 bits per heavy atom. The lowest BCUT2D eigenvalue weighted by atomic mass is 9.66. The summed E-state index contributed by atoms with van der Waals surface area (Å²) in [7, 11) is 0. The number of carbonyl (C=O) groups excluding carboxylic acids is 1. The normalized spacial score (nSPS) is 25.3. The molecule has 2 aromatic carbocycles. The topological polar surface area (TPSA) is 82.0 Å². The van der Waals surface area contributed by atoms with Gasteiger partial charge in [-0.15, -0.1) is 0 Å². The quantitative estimate of drug-likeness (QED) is 0.502. The molecule has 4 rings (SSSR count). The number of fused-ring (bicyclic) bond motifs is 1. The van der Waals surface area contributed by atoms with Crippen molar-refractivity contribution < 1.29 is 19.7 Å². The number of phenols is 1. The van der Waals surface area contributed by atoms with Crippen LogP contribution in [0, 0.1) is 5.92 Å². The standard InChI is InChI=1S/C25H30Cl2N2O4/c1-2-33-22-13-16(6-9-21(22)30)24-18-5-3-4-10-25(18,32)11-12-29(24)15-23(31)28-20-8-7-17(26)14-19(20)27/h6-9,13-14,18,24,30,32H,2-5,10-12,15H2,1H3,(H,28,31)/t18-,24-,25+/m0/s1. The first-order chi connectivity index (χ1) is 15.8. The molecule has 178 valence electrons. The fourth-order valence-electron chi connectivity index (χ4n) is 5.31. The second kappa shape index (κ2) is 10.1. The third-order valence-corrected chi connectivity index (χ3v) is 7.40. The first-order valence-corrected chi connectivity index (χ1v) is 12.2. The Bertz CT molecular complexity index is 1020. The highest BCUT2D eigenvalue weighted by molar-refractivity contribution is 6.36. The Labute approximate surface area is 204 Å². The van der Waals surface area contributed by atoms with Crippen LogP contribution < -0.4 is 10.1 Å². The summed E-state index contributed by atoms with van der Waals surface area (Å²) in [6.07, 6.45) is 4.33. The molecule has 3 N–H and O–H groups in total. The van der Waals surface area contributed by atoms with Gasteiger partial charge in [0.05, 0.1) is 29.5 Å². The number of likely N-dealkylation sites (tertiary alicyclic amines) is 1. The second-order valence-electron chi connectivity index (χ2n) is 8.95. The number of ether oxygens (including phenoxy) is 1. The average molecular weight is 493 g/mol. The minimum absolute atomic E-state index is 0.00839. The van der Waals surface area contributed by atoms with Crippen molar-refractivity contribution in [2.75, 3.05) is 25.0 Å². The van der Waals surface area contributed by atoms with Gasteiger partial charge in [0.15, 0.2) is 11.5 Å². The predicted molar refractivity (Wildman–Crippen MR) is 130 cm³/mol. The van der Waals surface area contributed by atoms with E-state index in [1.54, 1.807) is 24.3 Å². The number of aliphatic hydroxyl groups is 1. The van der Waals surface area contributed by atoms with E-state index in [1.165, 1.54) is 0 Å². The molecule has 0 radical (unpaired) electrons. The van der Waals surface area contributed by atoms with Gasteiger partial charge in [-0.25, -0.2) is 0 Å². The van der Waals surface area contributed by atoms with Crippen molar-refractivity contribution in [2.24, 2.45) is 5.92 Å². The van der Waals surface area contributed by atoms with Crippen molar-refractivity contribution >= 4 is 34.8 Å². The van der Waals surface area contributed by atoms with Crippen LogP contribution in [0.15, 0.2) is 36.4 Å². The van der Waals surface area contributed by atoms with Gasteiger partial charge in [0.2, 0.25) is 5.91 Å². The molecule has 8 heteroatoms. The third kappa shape index (κ3) is 5.24. The number of hydrogen-bond acceptors (Lipinski definition) is 5. The predicted octanol–water partition coefficient (Wildman–Crippen LogP) is 5.40. The average Bonchev–Trinajstić information content (AvgIpc) is 2.77. The van der Waals surface area contributed by atoms with E-state index in [0.29, 0.717) is 41.1 Å². The molecule has 2 aromatic rings. The van der Waals surface area contributed by atoms with Crippen LogP contribution in [0.4, 0.5) is 5.69 Å². The molecule has 0 bridgehead atoms. The van der Waals surface area contributed by atoms with Crippen LogP contribution in [0.3, 0.4) is 0 Å². The van der Waals surface area contributed by atoms with Crippen LogP contribution in [-0.2, 0) is 4.79 Å². The number of benzene rings is 2. The third-order valence-electron chi connectivity index (χ3n) is 6.85. The van der Waals surface area contributed by atoms with E-state index < -0.39 is 5.60 Å². The molecule has 33 heavy (non-hydrogen) atoms. The fraction of sp³-hybridized carbons (Fsp3) is 0.480. The lowest BCUT2D eigenvalue weighted by Gasteiger charge is -2.52. The Morgan fingerprint density at radius 1 is 1.21 bits per heavy atom. The maximum Gasteiger partial charge on any atom is 0.238 e. The van der Waals surface area contributed by atoms with E-state index >= 15 is 0 Å². The largest absolute Gasteiger partial charge is 0.504 e. The van der Waals surface area contributed by atoms with Crippen LogP contribution in [0.1, 0.15) is 50.6 Å². The van der Waals surface area contributed by atoms with Crippen molar-refractivity contribution in [3.8, 4) is 11.5 Å². The molecule has 1 amide bonds. The molecule has 1 heterocycles. The van der Waals surface area contributed by atoms with E-state index in [-0.39, 0.29) is 30.2 Å². The molecule has 6 nitrogen and oxygen atoms in total. The minimum atomic E-state index is -0.751. The highest BCUT2D eigenvalue weighted by atomic mass is 35.5. The monoisotopic (exact) mass is 492 g/mol. The van der Waals surface area contributed by atoms with Crippen LogP contribution in [-0.4, -0.2) is 46.3 Å². The lowest BCUT2D eigenvalue weighted by molar-refractivity contribution is -0.135. The molecule has 1 aliphatic carbocycles. The van der Waals surface area contributed by atoms with Crippen LogP contribution in [0.25, 0.3) is 0 Å². The molecule has 2 fully saturated rings. The molecule has 1 aliphatic heterocycles. The molecule has 1 saturated heterocycles. The summed E-state index contributed by atoms with van der Waals surface area (Å²) in [5.41, 5.74) is 0.689. The Hall–Kier alpha value is -1.99. The first-order valence-electron chi connectivity index (χ1n) is 11.5. The molecule has 0 spiro atoms. The van der Waals surface area contributed by atoms with E-state index in [2.05, 4.69) is 10.2 Å². The number of carbonyl (C=O) groups is 1. The van der Waals surface area contributed by atoms with Gasteiger partial charge in [-0.05, 0) is 62.1 Å². The molecule has 3 atom stereocenters. The summed E-state index contributed by atoms with van der Waals surface area (Å²) in [4.78, 5) is 15.1. The van der Waals surface area contributed by atoms with E-state index in [1.807, 2.05) is 19.1 Å². The van der Waals surface area contributed by atoms with Gasteiger partial charge in [0, 0.05) is 23.5 Å². The molecule has 1 saturated carbocycles. The van der Waals surface area contributed by atoms with Crippen LogP contribution in [0.2, 0.25) is 10.0 Å². The number of amides is 1. The number of hydrogen-bond donors (Lipinski definition) is 3. The summed E-state index contributed by atoms with van der Waals surface area (Å²) in [6, 6.07) is 10.1. The molecule has 2 aliphatic rings. The zero-order chi connectivity index (χ0) is 23.6. The van der Waals surface area contributed by atoms with Crippen LogP contribution >= 0.6 is 23.2 Å². The van der Waals surface area contributed by atoms with Gasteiger partial charge in [-0.1, -0.05) is 42.1 Å². The Balaban J connectivity index is 1.61. The summed E-state index contributed by atoms with van der Waals surface area (Å²) < 4.78 is 5.61. The van der Waals surface area contributed by atoms with Crippen molar-refractivity contribution in [1.29, 1.82) is 0 Å². The summed E-state index contributed by atoms with van der Waals surface area (Å²) >= 11 is 12.2. The maximum atomic E-state index is 13.0. The van der Waals surface area contributed by atoms with Gasteiger partial charge >= 0.3 is 0 Å². The number of halogens is 2. The smallest absolute Gasteiger partial charge is 0.238 e. The molecule has 0 unspecified atom stereocenters. The first kappa shape index (κ1) is 24.1. The second-order valence-corrected chi connectivity index (χ2v) is 9.80. The number of piperidine rings is 1. The van der Waals surface area contributed by atoms with Crippen molar-refractivity contribution in [3.05, 3.63) is 52.0 Å². The van der Waals surface area contributed by atoms with Gasteiger partial charge in [0.25, 0.3) is 0 Å². The molecular weight excluding hydrogens is 463 g/mol. The summed E-state index contributed by atoms with van der Waals surface area (Å²) in [5.74, 6) is 0.300. The van der Waals surface area contributed by atoms with Crippen molar-refractivity contribution in [2.45, 2.75) is 50.7 Å². The van der Waals surface area contributed by atoms with E-state index in [9.17, 15) is 15.0 Å². The van der Waals surface area contributed by atoms with E-state index in [0.717, 1.165) is 31.2 Å². The summed E-state index contributed by atoms with van der Waals surface area (Å²) in [5, 5.41) is 25.4. The number of anilines is 1. The van der Waals surface area contributed by atoms with Crippen molar-refractivity contribution in [3.63, 3.8) is 0 Å². The van der Waals surface area contributed by atoms with Crippen LogP contribution in [0.5, 0.6) is 11.5 Å². The van der Waals surface area contributed by atoms with Crippen molar-refractivity contribution in [1.82, 2.24) is 4.90 Å². The SMILES string of the molecule is CCOc1cc([C@H]2[C@@H]3CCCC[C@@]3(O)CCN2CC(=O)Nc2ccc(Cl)cc2Cl)ccc1O. The zero-order valence-electron chi connectivity index (χ0n) is 18.7. The Morgan fingerprint density at radius 3 is 2.79 bits per heavy atom. The van der Waals surface area contributed by atoms with Gasteiger partial charge < -0.3 is 20.3 Å². The maximum absolute atomic E-state index is 13.0. The molecule has 0 aromatic heterocycles. The number of nitrogens with one attached hydrogen (secondary N) is 1. The number of nitrogens with zero attached hydrogens (tertiary/aromatic N) is 1. The van der Waals surface area contributed by atoms with Gasteiger partial charge in [0.1, 0.15) is 0 Å². The Kier molecular flexibility index (Phi) is 7.39. The highest BCUT2D eigenvalue weighted by Crippen LogP contribution is 2.50. The van der Waals surface area contributed by atoms with E-state index in [4.69, 9.17) is 27.9 Å². The highest BCUT2D eigenvalue weighted by Gasteiger charge is 2.49.